The summed E-state index contributed by atoms with van der Waals surface area (Å²) >= 11 is 5.96. The summed E-state index contributed by atoms with van der Waals surface area (Å²) in [6, 6.07) is 12.0. The molecule has 0 aliphatic carbocycles. The fraction of sp³-hybridized carbons (Fsp3) is 0.150. The number of hydrogen-bond donors (Lipinski definition) is 3. The summed E-state index contributed by atoms with van der Waals surface area (Å²) in [6.07, 6.45) is 0. The molecule has 0 saturated carbocycles. The number of nitrogens with zero attached hydrogens (tertiary/aromatic N) is 2. The van der Waals surface area contributed by atoms with Crippen LogP contribution in [0.4, 0.5) is 5.69 Å². The van der Waals surface area contributed by atoms with Crippen LogP contribution in [0.3, 0.4) is 0 Å². The molecule has 4 rings (SSSR count). The number of fused-ring (bicyclic) bond motifs is 2. The highest BCUT2D eigenvalue weighted by Gasteiger charge is 2.16. The Labute approximate surface area is 169 Å². The molecular formula is C20H17ClN4O4. The zero-order valence-corrected chi connectivity index (χ0v) is 16.2. The summed E-state index contributed by atoms with van der Waals surface area (Å²) in [7, 11) is 1.59. The molecule has 2 heterocycles. The molecule has 0 amide bonds. The Morgan fingerprint density at radius 1 is 1.21 bits per heavy atom. The normalized spacial score (nSPS) is 11.1. The molecule has 3 N–H and O–H groups in total. The van der Waals surface area contributed by atoms with Crippen molar-refractivity contribution in [1.82, 2.24) is 14.8 Å². The molecule has 4 aromatic rings. The van der Waals surface area contributed by atoms with Crippen LogP contribution in [0.25, 0.3) is 21.8 Å². The van der Waals surface area contributed by atoms with Gasteiger partial charge in [-0.3, -0.25) is 9.59 Å². The van der Waals surface area contributed by atoms with Gasteiger partial charge in [0.05, 0.1) is 19.2 Å². The number of methoxy groups -OCH3 is 1. The lowest BCUT2D eigenvalue weighted by atomic mass is 10.1. The van der Waals surface area contributed by atoms with Crippen LogP contribution in [0, 0.1) is 0 Å². The molecule has 148 valence electrons. The van der Waals surface area contributed by atoms with E-state index in [1.165, 1.54) is 0 Å². The summed E-state index contributed by atoms with van der Waals surface area (Å²) in [5.74, 6) is 0.309. The maximum atomic E-state index is 12.8. The second kappa shape index (κ2) is 7.48. The molecule has 0 fully saturated rings. The molecule has 0 bridgehead atoms. The van der Waals surface area contributed by atoms with E-state index in [0.717, 1.165) is 16.1 Å². The first-order valence-corrected chi connectivity index (χ1v) is 9.19. The average molecular weight is 413 g/mol. The van der Waals surface area contributed by atoms with Gasteiger partial charge in [0.15, 0.2) is 0 Å². The molecular weight excluding hydrogens is 396 g/mol. The molecule has 8 nitrogen and oxygen atoms in total. The zero-order valence-electron chi connectivity index (χ0n) is 15.4. The third kappa shape index (κ3) is 3.50. The number of aromatic hydroxyl groups is 1. The van der Waals surface area contributed by atoms with Crippen molar-refractivity contribution in [2.45, 2.75) is 6.54 Å². The van der Waals surface area contributed by atoms with E-state index in [0.29, 0.717) is 22.5 Å². The van der Waals surface area contributed by atoms with Gasteiger partial charge in [-0.1, -0.05) is 11.6 Å². The van der Waals surface area contributed by atoms with E-state index < -0.39 is 16.9 Å². The molecule has 0 aliphatic heterocycles. The lowest BCUT2D eigenvalue weighted by Crippen LogP contribution is -2.29. The number of hydrogen-bond acceptors (Lipinski definition) is 6. The molecule has 9 heteroatoms. The lowest BCUT2D eigenvalue weighted by molar-refractivity contribution is 0.415. The van der Waals surface area contributed by atoms with Gasteiger partial charge in [0.1, 0.15) is 16.7 Å². The maximum absolute atomic E-state index is 12.8. The number of aromatic nitrogens is 3. The molecule has 0 radical (unpaired) electrons. The molecule has 0 saturated heterocycles. The topological polar surface area (TPSA) is 109 Å². The van der Waals surface area contributed by atoms with Crippen molar-refractivity contribution in [2.75, 3.05) is 19.0 Å². The van der Waals surface area contributed by atoms with Gasteiger partial charge in [-0.25, -0.2) is 4.68 Å². The van der Waals surface area contributed by atoms with Crippen LogP contribution in [0.1, 0.15) is 0 Å². The van der Waals surface area contributed by atoms with Crippen molar-refractivity contribution in [2.24, 2.45) is 0 Å². The van der Waals surface area contributed by atoms with Crippen LogP contribution < -0.4 is 21.0 Å². The lowest BCUT2D eigenvalue weighted by Gasteiger charge is -2.10. The smallest absolute Gasteiger partial charge is 0.280 e. The van der Waals surface area contributed by atoms with Crippen molar-refractivity contribution in [3.05, 3.63) is 68.1 Å². The molecule has 0 aliphatic rings. The van der Waals surface area contributed by atoms with Gasteiger partial charge in [0.2, 0.25) is 5.43 Å². The first-order valence-electron chi connectivity index (χ1n) is 8.81. The Hall–Kier alpha value is -3.52. The molecule has 0 spiro atoms. The van der Waals surface area contributed by atoms with Crippen LogP contribution >= 0.6 is 11.6 Å². The third-order valence-electron chi connectivity index (χ3n) is 4.59. The van der Waals surface area contributed by atoms with Gasteiger partial charge in [-0.15, -0.1) is 5.10 Å². The Balaban J connectivity index is 1.68. The summed E-state index contributed by atoms with van der Waals surface area (Å²) in [5.41, 5.74) is 0.196. The summed E-state index contributed by atoms with van der Waals surface area (Å²) < 4.78 is 6.18. The highest BCUT2D eigenvalue weighted by molar-refractivity contribution is 6.31. The van der Waals surface area contributed by atoms with Gasteiger partial charge in [0, 0.05) is 22.6 Å². The quantitative estimate of drug-likeness (QED) is 0.435. The summed E-state index contributed by atoms with van der Waals surface area (Å²) in [5, 5.41) is 18.0. The van der Waals surface area contributed by atoms with E-state index >= 15 is 0 Å². The second-order valence-corrected chi connectivity index (χ2v) is 6.84. The fourth-order valence-electron chi connectivity index (χ4n) is 3.14. The van der Waals surface area contributed by atoms with Crippen LogP contribution in [-0.4, -0.2) is 33.5 Å². The number of H-pyrrole nitrogens is 1. The van der Waals surface area contributed by atoms with E-state index in [-0.39, 0.29) is 17.4 Å². The van der Waals surface area contributed by atoms with Crippen LogP contribution in [0.5, 0.6) is 11.6 Å². The number of ether oxygens (including phenoxy) is 1. The number of rotatable bonds is 5. The van der Waals surface area contributed by atoms with Crippen molar-refractivity contribution in [1.29, 1.82) is 0 Å². The number of pyridine rings is 1. The summed E-state index contributed by atoms with van der Waals surface area (Å²) in [6.45, 7) is 0.526. The molecule has 0 unspecified atom stereocenters. The maximum Gasteiger partial charge on any atom is 0.280 e. The largest absolute Gasteiger partial charge is 0.497 e. The molecule has 2 aromatic carbocycles. The van der Waals surface area contributed by atoms with Crippen LogP contribution in [0.15, 0.2) is 52.1 Å². The van der Waals surface area contributed by atoms with E-state index in [2.05, 4.69) is 15.4 Å². The molecule has 29 heavy (non-hydrogen) atoms. The zero-order chi connectivity index (χ0) is 20.5. The number of aromatic amines is 1. The predicted octanol–water partition coefficient (Wildman–Crippen LogP) is 2.72. The minimum atomic E-state index is -0.576. The Bertz CT molecular complexity index is 1330. The van der Waals surface area contributed by atoms with Crippen LogP contribution in [0.2, 0.25) is 5.02 Å². The molecule has 2 aromatic heterocycles. The van der Waals surface area contributed by atoms with Crippen LogP contribution in [-0.2, 0) is 6.54 Å². The van der Waals surface area contributed by atoms with Crippen molar-refractivity contribution in [3.63, 3.8) is 0 Å². The third-order valence-corrected chi connectivity index (χ3v) is 4.83. The van der Waals surface area contributed by atoms with Gasteiger partial charge in [-0.05, 0) is 42.5 Å². The van der Waals surface area contributed by atoms with Gasteiger partial charge in [0.25, 0.3) is 11.4 Å². The molecule has 0 atom stereocenters. The average Bonchev–Trinajstić information content (AvgIpc) is 2.71. The minimum Gasteiger partial charge on any atom is -0.497 e. The SMILES string of the molecule is COc1ccc(NCCn2nc(O)c3[nH]c4cc(Cl)ccc4c(=O)c3c2=O)cc1. The highest BCUT2D eigenvalue weighted by Crippen LogP contribution is 2.21. The van der Waals surface area contributed by atoms with Gasteiger partial charge < -0.3 is 20.1 Å². The van der Waals surface area contributed by atoms with Crippen molar-refractivity contribution in [3.8, 4) is 11.6 Å². The predicted molar refractivity (Wildman–Crippen MR) is 112 cm³/mol. The fourth-order valence-corrected chi connectivity index (χ4v) is 3.31. The van der Waals surface area contributed by atoms with E-state index in [1.54, 1.807) is 25.3 Å². The number of nitrogens with one attached hydrogen (secondary N) is 2. The second-order valence-electron chi connectivity index (χ2n) is 6.40. The Morgan fingerprint density at radius 2 is 1.97 bits per heavy atom. The van der Waals surface area contributed by atoms with Gasteiger partial charge >= 0.3 is 0 Å². The summed E-state index contributed by atoms with van der Waals surface area (Å²) in [4.78, 5) is 28.6. The number of anilines is 1. The first kappa shape index (κ1) is 18.8. The van der Waals surface area contributed by atoms with E-state index in [1.807, 2.05) is 24.3 Å². The van der Waals surface area contributed by atoms with E-state index in [4.69, 9.17) is 16.3 Å². The Kier molecular flexibility index (Phi) is 4.85. The number of benzene rings is 2. The van der Waals surface area contributed by atoms with Crippen molar-refractivity contribution < 1.29 is 9.84 Å². The van der Waals surface area contributed by atoms with E-state index in [9.17, 15) is 14.7 Å². The minimum absolute atomic E-state index is 0.00543. The number of halogens is 1. The van der Waals surface area contributed by atoms with Crippen molar-refractivity contribution >= 4 is 39.1 Å². The Morgan fingerprint density at radius 3 is 2.69 bits per heavy atom. The highest BCUT2D eigenvalue weighted by atomic mass is 35.5. The monoisotopic (exact) mass is 412 g/mol. The first-order chi connectivity index (χ1) is 14.0. The van der Waals surface area contributed by atoms with Gasteiger partial charge in [-0.2, -0.15) is 0 Å². The standard InChI is InChI=1S/C20H17ClN4O4/c1-29-13-5-3-12(4-6-13)22-8-9-25-20(28)16-17(19(27)24-25)23-15-10-11(21)2-7-14(15)18(16)26/h2-7,10,22H,8-9H2,1H3,(H,23,26)(H,24,27).